The molecule has 0 saturated heterocycles. The van der Waals surface area contributed by atoms with E-state index >= 15 is 0 Å². The molecule has 0 fully saturated rings. The van der Waals surface area contributed by atoms with Crippen molar-refractivity contribution in [2.24, 2.45) is 0 Å². The Morgan fingerprint density at radius 3 is 2.91 bits per heavy atom. The predicted molar refractivity (Wildman–Crippen MR) is 78.8 cm³/mol. The van der Waals surface area contributed by atoms with Crippen molar-refractivity contribution < 1.29 is 18.7 Å². The number of pyridine rings is 1. The van der Waals surface area contributed by atoms with Crippen molar-refractivity contribution in [1.82, 2.24) is 4.98 Å². The Bertz CT molecular complexity index is 701. The number of ether oxygens (including phenoxy) is 2. The fourth-order valence-corrected chi connectivity index (χ4v) is 2.39. The standard InChI is InChI=1S/C16H15FN2O3/c1-21-16(20)14-13-15(22-7-6-18-13)11(9-19-14)8-10-2-4-12(17)5-3-10/h2-5,9,18H,6-8H2,1H3. The molecule has 0 unspecified atom stereocenters. The maximum absolute atomic E-state index is 13.0. The Kier molecular flexibility index (Phi) is 3.91. The third-order valence-corrected chi connectivity index (χ3v) is 3.44. The van der Waals surface area contributed by atoms with Crippen molar-refractivity contribution >= 4 is 11.7 Å². The number of esters is 1. The van der Waals surface area contributed by atoms with E-state index in [-0.39, 0.29) is 11.5 Å². The summed E-state index contributed by atoms with van der Waals surface area (Å²) in [6, 6.07) is 6.26. The minimum atomic E-state index is -0.511. The zero-order chi connectivity index (χ0) is 15.5. The Hall–Kier alpha value is -2.63. The van der Waals surface area contributed by atoms with Crippen molar-refractivity contribution in [3.8, 4) is 5.75 Å². The second-order valence-electron chi connectivity index (χ2n) is 4.91. The van der Waals surface area contributed by atoms with Crippen molar-refractivity contribution in [2.75, 3.05) is 25.6 Å². The van der Waals surface area contributed by atoms with Gasteiger partial charge in [0.2, 0.25) is 0 Å². The number of carbonyl (C=O) groups excluding carboxylic acids is 1. The highest BCUT2D eigenvalue weighted by Crippen LogP contribution is 2.35. The van der Waals surface area contributed by atoms with E-state index in [9.17, 15) is 9.18 Å². The molecule has 6 heteroatoms. The molecule has 22 heavy (non-hydrogen) atoms. The van der Waals surface area contributed by atoms with E-state index in [2.05, 4.69) is 10.3 Å². The molecule has 2 aromatic rings. The molecule has 0 saturated carbocycles. The number of benzene rings is 1. The molecular formula is C16H15FN2O3. The maximum Gasteiger partial charge on any atom is 0.358 e. The largest absolute Gasteiger partial charge is 0.489 e. The van der Waals surface area contributed by atoms with Crippen molar-refractivity contribution in [3.05, 3.63) is 53.1 Å². The number of anilines is 1. The first-order valence-corrected chi connectivity index (χ1v) is 6.90. The van der Waals surface area contributed by atoms with Crippen LogP contribution in [0.5, 0.6) is 5.75 Å². The van der Waals surface area contributed by atoms with Crippen molar-refractivity contribution in [3.63, 3.8) is 0 Å². The van der Waals surface area contributed by atoms with Crippen molar-refractivity contribution in [2.45, 2.75) is 6.42 Å². The molecule has 0 spiro atoms. The molecule has 3 rings (SSSR count). The van der Waals surface area contributed by atoms with Gasteiger partial charge in [-0.1, -0.05) is 12.1 Å². The average Bonchev–Trinajstić information content (AvgIpc) is 2.56. The molecule has 1 aliphatic rings. The highest BCUT2D eigenvalue weighted by atomic mass is 19.1. The number of rotatable bonds is 3. The van der Waals surface area contributed by atoms with E-state index in [0.29, 0.717) is 31.0 Å². The van der Waals surface area contributed by atoms with Crippen LogP contribution in [-0.4, -0.2) is 31.2 Å². The van der Waals surface area contributed by atoms with Gasteiger partial charge in [-0.2, -0.15) is 0 Å². The van der Waals surface area contributed by atoms with Gasteiger partial charge in [-0.15, -0.1) is 0 Å². The molecule has 2 heterocycles. The number of nitrogens with one attached hydrogen (secondary N) is 1. The number of fused-ring (bicyclic) bond motifs is 1. The number of hydrogen-bond acceptors (Lipinski definition) is 5. The first-order chi connectivity index (χ1) is 10.7. The molecule has 1 aliphatic heterocycles. The van der Waals surface area contributed by atoms with Crippen LogP contribution in [0, 0.1) is 5.82 Å². The number of carbonyl (C=O) groups is 1. The van der Waals surface area contributed by atoms with Crippen molar-refractivity contribution in [1.29, 1.82) is 0 Å². The lowest BCUT2D eigenvalue weighted by Crippen LogP contribution is -2.23. The molecular weight excluding hydrogens is 287 g/mol. The summed E-state index contributed by atoms with van der Waals surface area (Å²) in [5, 5.41) is 3.13. The first kappa shape index (κ1) is 14.3. The number of hydrogen-bond donors (Lipinski definition) is 1. The Morgan fingerprint density at radius 2 is 2.18 bits per heavy atom. The molecule has 1 aromatic carbocycles. The van der Waals surface area contributed by atoms with Gasteiger partial charge >= 0.3 is 5.97 Å². The van der Waals surface area contributed by atoms with Crippen LogP contribution in [0.1, 0.15) is 21.6 Å². The van der Waals surface area contributed by atoms with Crippen LogP contribution in [0.4, 0.5) is 10.1 Å². The van der Waals surface area contributed by atoms with Gasteiger partial charge in [-0.25, -0.2) is 14.2 Å². The molecule has 1 N–H and O–H groups in total. The molecule has 0 amide bonds. The molecule has 0 atom stereocenters. The zero-order valence-electron chi connectivity index (χ0n) is 12.1. The van der Waals surface area contributed by atoms with Gasteiger partial charge in [0.25, 0.3) is 0 Å². The normalized spacial score (nSPS) is 12.8. The Morgan fingerprint density at radius 1 is 1.41 bits per heavy atom. The van der Waals surface area contributed by atoms with Crippen LogP contribution in [0.15, 0.2) is 30.5 Å². The Balaban J connectivity index is 1.98. The van der Waals surface area contributed by atoms with Gasteiger partial charge in [0.1, 0.15) is 23.9 Å². The summed E-state index contributed by atoms with van der Waals surface area (Å²) in [4.78, 5) is 16.0. The van der Waals surface area contributed by atoms with E-state index < -0.39 is 5.97 Å². The van der Waals surface area contributed by atoms with Crippen LogP contribution in [0.25, 0.3) is 0 Å². The molecule has 1 aromatic heterocycles. The van der Waals surface area contributed by atoms with Crippen LogP contribution in [0.2, 0.25) is 0 Å². The van der Waals surface area contributed by atoms with E-state index in [1.165, 1.54) is 19.2 Å². The van der Waals surface area contributed by atoms with E-state index in [1.807, 2.05) is 0 Å². The summed E-state index contributed by atoms with van der Waals surface area (Å²) in [7, 11) is 1.31. The number of methoxy groups -OCH3 is 1. The van der Waals surface area contributed by atoms with Gasteiger partial charge in [-0.3, -0.25) is 0 Å². The highest BCUT2D eigenvalue weighted by Gasteiger charge is 2.24. The summed E-state index contributed by atoms with van der Waals surface area (Å²) in [6.45, 7) is 1.10. The SMILES string of the molecule is COC(=O)c1ncc(Cc2ccc(F)cc2)c2c1NCCO2. The second kappa shape index (κ2) is 6.01. The van der Waals surface area contributed by atoms with Gasteiger partial charge in [0.15, 0.2) is 5.69 Å². The van der Waals surface area contributed by atoms with Crippen LogP contribution >= 0.6 is 0 Å². The van der Waals surface area contributed by atoms with Gasteiger partial charge < -0.3 is 14.8 Å². The lowest BCUT2D eigenvalue weighted by atomic mass is 10.0. The number of nitrogens with zero attached hydrogens (tertiary/aromatic N) is 1. The topological polar surface area (TPSA) is 60.5 Å². The minimum absolute atomic E-state index is 0.208. The average molecular weight is 302 g/mol. The number of aromatic nitrogens is 1. The second-order valence-corrected chi connectivity index (χ2v) is 4.91. The maximum atomic E-state index is 13.0. The lowest BCUT2D eigenvalue weighted by molar-refractivity contribution is 0.0594. The lowest BCUT2D eigenvalue weighted by Gasteiger charge is -2.23. The number of halogens is 1. The van der Waals surface area contributed by atoms with Gasteiger partial charge in [-0.05, 0) is 17.7 Å². The highest BCUT2D eigenvalue weighted by molar-refractivity contribution is 5.95. The minimum Gasteiger partial charge on any atom is -0.489 e. The van der Waals surface area contributed by atoms with Crippen LogP contribution in [0.3, 0.4) is 0 Å². The summed E-state index contributed by atoms with van der Waals surface area (Å²) < 4.78 is 23.4. The molecule has 0 bridgehead atoms. The molecule has 0 radical (unpaired) electrons. The fourth-order valence-electron chi connectivity index (χ4n) is 2.39. The molecule has 0 aliphatic carbocycles. The first-order valence-electron chi connectivity index (χ1n) is 6.90. The van der Waals surface area contributed by atoms with Crippen LogP contribution < -0.4 is 10.1 Å². The third-order valence-electron chi connectivity index (χ3n) is 3.44. The summed E-state index contributed by atoms with van der Waals surface area (Å²) >= 11 is 0. The van der Waals surface area contributed by atoms with E-state index in [1.54, 1.807) is 18.3 Å². The van der Waals surface area contributed by atoms with Crippen LogP contribution in [-0.2, 0) is 11.2 Å². The summed E-state index contributed by atoms with van der Waals surface area (Å²) in [5.74, 6) is -0.184. The third kappa shape index (κ3) is 2.72. The molecule has 5 nitrogen and oxygen atoms in total. The monoisotopic (exact) mass is 302 g/mol. The van der Waals surface area contributed by atoms with E-state index in [0.717, 1.165) is 11.1 Å². The molecule has 114 valence electrons. The van der Waals surface area contributed by atoms with Gasteiger partial charge in [0.05, 0.1) is 7.11 Å². The fraction of sp³-hybridized carbons (Fsp3) is 0.250. The summed E-state index contributed by atoms with van der Waals surface area (Å²) in [5.41, 5.74) is 2.53. The predicted octanol–water partition coefficient (Wildman–Crippen LogP) is 2.40. The zero-order valence-corrected chi connectivity index (χ0v) is 12.1. The smallest absolute Gasteiger partial charge is 0.358 e. The Labute approximate surface area is 127 Å². The summed E-state index contributed by atoms with van der Waals surface area (Å²) in [6.07, 6.45) is 2.14. The van der Waals surface area contributed by atoms with E-state index in [4.69, 9.17) is 9.47 Å². The van der Waals surface area contributed by atoms with Gasteiger partial charge in [0, 0.05) is 24.7 Å². The quantitative estimate of drug-likeness (QED) is 0.882.